The number of nitrogens with zero attached hydrogens (tertiary/aromatic N) is 3. The first-order valence-corrected chi connectivity index (χ1v) is 9.69. The van der Waals surface area contributed by atoms with E-state index < -0.39 is 0 Å². The quantitative estimate of drug-likeness (QED) is 0.610. The topological polar surface area (TPSA) is 70.3 Å². The van der Waals surface area contributed by atoms with Crippen molar-refractivity contribution < 1.29 is 13.9 Å². The highest BCUT2D eigenvalue weighted by atomic mass is 16.5. The second-order valence-electron chi connectivity index (χ2n) is 7.23. The number of benzene rings is 1. The van der Waals surface area contributed by atoms with Crippen molar-refractivity contribution in [1.29, 1.82) is 0 Å². The minimum absolute atomic E-state index is 0.170. The highest BCUT2D eigenvalue weighted by molar-refractivity contribution is 5.78. The van der Waals surface area contributed by atoms with Gasteiger partial charge in [-0.2, -0.15) is 9.97 Å². The lowest BCUT2D eigenvalue weighted by Crippen LogP contribution is -2.13. The third-order valence-electron chi connectivity index (χ3n) is 4.69. The van der Waals surface area contributed by atoms with Crippen molar-refractivity contribution in [3.8, 4) is 23.3 Å². The Morgan fingerprint density at radius 3 is 2.48 bits per heavy atom. The molecule has 0 unspecified atom stereocenters. The lowest BCUT2D eigenvalue weighted by atomic mass is 10.1. The third-order valence-corrected chi connectivity index (χ3v) is 4.69. The van der Waals surface area contributed by atoms with Gasteiger partial charge in [-0.05, 0) is 58.1 Å². The first kappa shape index (κ1) is 17.8. The van der Waals surface area contributed by atoms with Gasteiger partial charge in [0, 0.05) is 5.56 Å². The molecule has 142 valence electrons. The van der Waals surface area contributed by atoms with Crippen LogP contribution in [0.2, 0.25) is 0 Å². The SMILES string of the molecule is CCCOc1nc(OC2CCCC2)nc2oc(-c3cc(C)cc(C)c3)nc12. The van der Waals surface area contributed by atoms with Crippen molar-refractivity contribution in [3.05, 3.63) is 29.3 Å². The summed E-state index contributed by atoms with van der Waals surface area (Å²) in [4.78, 5) is 13.5. The molecule has 1 aliphatic carbocycles. The summed E-state index contributed by atoms with van der Waals surface area (Å²) < 4.78 is 17.8. The Morgan fingerprint density at radius 1 is 1.04 bits per heavy atom. The predicted molar refractivity (Wildman–Crippen MR) is 103 cm³/mol. The maximum Gasteiger partial charge on any atom is 0.323 e. The highest BCUT2D eigenvalue weighted by Gasteiger charge is 2.22. The second kappa shape index (κ2) is 7.55. The van der Waals surface area contributed by atoms with Crippen molar-refractivity contribution >= 4 is 11.2 Å². The minimum Gasteiger partial charge on any atom is -0.476 e. The Hall–Kier alpha value is -2.63. The fraction of sp³-hybridized carbons (Fsp3) is 0.476. The average molecular weight is 367 g/mol. The zero-order chi connectivity index (χ0) is 18.8. The summed E-state index contributed by atoms with van der Waals surface area (Å²) in [5.74, 6) is 0.944. The zero-order valence-corrected chi connectivity index (χ0v) is 16.1. The molecule has 0 spiro atoms. The van der Waals surface area contributed by atoms with Gasteiger partial charge in [-0.15, -0.1) is 0 Å². The van der Waals surface area contributed by atoms with Crippen LogP contribution in [0, 0.1) is 13.8 Å². The molecule has 0 bridgehead atoms. The lowest BCUT2D eigenvalue weighted by Gasteiger charge is -2.11. The van der Waals surface area contributed by atoms with E-state index in [0.717, 1.165) is 36.0 Å². The van der Waals surface area contributed by atoms with Crippen LogP contribution in [0.1, 0.15) is 50.2 Å². The Balaban J connectivity index is 1.74. The highest BCUT2D eigenvalue weighted by Crippen LogP contribution is 2.31. The number of hydrogen-bond donors (Lipinski definition) is 0. The fourth-order valence-corrected chi connectivity index (χ4v) is 3.51. The molecule has 0 radical (unpaired) electrons. The van der Waals surface area contributed by atoms with Crippen molar-refractivity contribution in [2.24, 2.45) is 0 Å². The Bertz CT molecular complexity index is 925. The van der Waals surface area contributed by atoms with Crippen LogP contribution < -0.4 is 9.47 Å². The molecule has 3 aromatic rings. The van der Waals surface area contributed by atoms with Gasteiger partial charge in [0.25, 0.3) is 11.6 Å². The van der Waals surface area contributed by atoms with Gasteiger partial charge >= 0.3 is 6.01 Å². The summed E-state index contributed by atoms with van der Waals surface area (Å²) in [5, 5.41) is 0. The number of hydrogen-bond acceptors (Lipinski definition) is 6. The van der Waals surface area contributed by atoms with E-state index in [1.165, 1.54) is 12.8 Å². The van der Waals surface area contributed by atoms with Crippen molar-refractivity contribution in [1.82, 2.24) is 15.0 Å². The van der Waals surface area contributed by atoms with E-state index in [4.69, 9.17) is 13.9 Å². The smallest absolute Gasteiger partial charge is 0.323 e. The number of fused-ring (bicyclic) bond motifs is 1. The number of aryl methyl sites for hydroxylation is 2. The Labute approximate surface area is 158 Å². The molecule has 0 atom stereocenters. The van der Waals surface area contributed by atoms with E-state index in [1.807, 2.05) is 12.1 Å². The summed E-state index contributed by atoms with van der Waals surface area (Å²) in [5.41, 5.74) is 4.18. The van der Waals surface area contributed by atoms with Crippen molar-refractivity contribution in [3.63, 3.8) is 0 Å². The van der Waals surface area contributed by atoms with E-state index in [0.29, 0.717) is 35.6 Å². The number of oxazole rings is 1. The second-order valence-corrected chi connectivity index (χ2v) is 7.23. The summed E-state index contributed by atoms with van der Waals surface area (Å²) >= 11 is 0. The van der Waals surface area contributed by atoms with Gasteiger partial charge in [0.1, 0.15) is 6.10 Å². The van der Waals surface area contributed by atoms with Crippen LogP contribution in [-0.4, -0.2) is 27.7 Å². The maximum atomic E-state index is 5.97. The van der Waals surface area contributed by atoms with E-state index in [2.05, 4.69) is 41.8 Å². The van der Waals surface area contributed by atoms with Gasteiger partial charge in [-0.25, -0.2) is 4.98 Å². The summed E-state index contributed by atoms with van der Waals surface area (Å²) in [7, 11) is 0. The van der Waals surface area contributed by atoms with Crippen LogP contribution in [-0.2, 0) is 0 Å². The molecule has 0 N–H and O–H groups in total. The predicted octanol–water partition coefficient (Wildman–Crippen LogP) is 5.01. The molecule has 1 saturated carbocycles. The van der Waals surface area contributed by atoms with Crippen LogP contribution in [0.4, 0.5) is 0 Å². The molecule has 6 nitrogen and oxygen atoms in total. The molecule has 27 heavy (non-hydrogen) atoms. The maximum absolute atomic E-state index is 5.97. The standard InChI is InChI=1S/C21H25N3O3/c1-4-9-25-19-17-20(24-21(23-19)26-16-7-5-6-8-16)27-18(22-17)15-11-13(2)10-14(3)12-15/h10-12,16H,4-9H2,1-3H3. The van der Waals surface area contributed by atoms with Crippen LogP contribution in [0.25, 0.3) is 22.7 Å². The first-order chi connectivity index (χ1) is 13.1. The Morgan fingerprint density at radius 2 is 1.78 bits per heavy atom. The normalized spacial score (nSPS) is 14.8. The van der Waals surface area contributed by atoms with Crippen molar-refractivity contribution in [2.45, 2.75) is 59.0 Å². The van der Waals surface area contributed by atoms with E-state index in [9.17, 15) is 0 Å². The van der Waals surface area contributed by atoms with Gasteiger partial charge in [0.2, 0.25) is 5.89 Å². The molecule has 4 rings (SSSR count). The molecular formula is C21H25N3O3. The molecule has 0 aliphatic heterocycles. The molecular weight excluding hydrogens is 342 g/mol. The van der Waals surface area contributed by atoms with E-state index in [-0.39, 0.29) is 6.10 Å². The fourth-order valence-electron chi connectivity index (χ4n) is 3.51. The summed E-state index contributed by atoms with van der Waals surface area (Å²) in [6.07, 6.45) is 5.50. The third kappa shape index (κ3) is 3.89. The summed E-state index contributed by atoms with van der Waals surface area (Å²) in [6.45, 7) is 6.73. The van der Waals surface area contributed by atoms with Gasteiger partial charge in [-0.3, -0.25) is 0 Å². The molecule has 1 aromatic carbocycles. The molecule has 1 aliphatic rings. The van der Waals surface area contributed by atoms with E-state index >= 15 is 0 Å². The number of ether oxygens (including phenoxy) is 2. The first-order valence-electron chi connectivity index (χ1n) is 9.69. The van der Waals surface area contributed by atoms with Crippen LogP contribution in [0.5, 0.6) is 11.9 Å². The minimum atomic E-state index is 0.170. The molecule has 0 saturated heterocycles. The largest absolute Gasteiger partial charge is 0.476 e. The number of aromatic nitrogens is 3. The zero-order valence-electron chi connectivity index (χ0n) is 16.1. The number of rotatable bonds is 6. The Kier molecular flexibility index (Phi) is 4.97. The molecule has 2 aromatic heterocycles. The average Bonchev–Trinajstić information content (AvgIpc) is 3.28. The molecule has 0 amide bonds. The monoisotopic (exact) mass is 367 g/mol. The van der Waals surface area contributed by atoms with Gasteiger partial charge in [0.15, 0.2) is 5.52 Å². The van der Waals surface area contributed by atoms with Gasteiger partial charge in [0.05, 0.1) is 6.61 Å². The molecule has 6 heteroatoms. The van der Waals surface area contributed by atoms with Gasteiger partial charge in [-0.1, -0.05) is 24.1 Å². The molecule has 1 fully saturated rings. The lowest BCUT2D eigenvalue weighted by molar-refractivity contribution is 0.188. The van der Waals surface area contributed by atoms with Crippen LogP contribution in [0.15, 0.2) is 22.6 Å². The van der Waals surface area contributed by atoms with Crippen LogP contribution >= 0.6 is 0 Å². The van der Waals surface area contributed by atoms with Crippen LogP contribution in [0.3, 0.4) is 0 Å². The van der Waals surface area contributed by atoms with Crippen molar-refractivity contribution in [2.75, 3.05) is 6.61 Å². The molecule has 2 heterocycles. The van der Waals surface area contributed by atoms with E-state index in [1.54, 1.807) is 0 Å². The summed E-state index contributed by atoms with van der Waals surface area (Å²) in [6, 6.07) is 6.53. The van der Waals surface area contributed by atoms with Gasteiger partial charge < -0.3 is 13.9 Å².